The number of aromatic hydroxyl groups is 1. The van der Waals surface area contributed by atoms with E-state index < -0.39 is 6.03 Å². The number of ether oxygens (including phenoxy) is 1. The fraction of sp³-hybridized carbons (Fsp3) is 0.125. The quantitative estimate of drug-likeness (QED) is 0.586. The number of hydrogen-bond acceptors (Lipinski definition) is 4. The van der Waals surface area contributed by atoms with Gasteiger partial charge in [-0.05, 0) is 42.8 Å². The first-order chi connectivity index (χ1) is 10.7. The third kappa shape index (κ3) is 4.52. The van der Waals surface area contributed by atoms with E-state index in [9.17, 15) is 9.90 Å². The molecule has 0 aliphatic carbocycles. The van der Waals surface area contributed by atoms with E-state index in [1.165, 1.54) is 12.3 Å². The van der Waals surface area contributed by atoms with Gasteiger partial charge in [-0.3, -0.25) is 0 Å². The Morgan fingerprint density at radius 3 is 2.77 bits per heavy atom. The Morgan fingerprint density at radius 2 is 2.05 bits per heavy atom. The zero-order valence-electron chi connectivity index (χ0n) is 12.1. The zero-order valence-corrected chi connectivity index (χ0v) is 12.1. The molecule has 6 heteroatoms. The van der Waals surface area contributed by atoms with E-state index in [0.717, 1.165) is 0 Å². The van der Waals surface area contributed by atoms with Crippen molar-refractivity contribution in [2.24, 2.45) is 5.10 Å². The molecular formula is C16H17N3O3. The van der Waals surface area contributed by atoms with Crippen molar-refractivity contribution in [2.75, 3.05) is 11.9 Å². The molecule has 2 rings (SSSR count). The van der Waals surface area contributed by atoms with Crippen molar-refractivity contribution in [3.05, 3.63) is 54.1 Å². The highest BCUT2D eigenvalue weighted by Crippen LogP contribution is 2.26. The van der Waals surface area contributed by atoms with Crippen molar-refractivity contribution in [3.63, 3.8) is 0 Å². The van der Waals surface area contributed by atoms with Gasteiger partial charge in [0.15, 0.2) is 11.5 Å². The average molecular weight is 299 g/mol. The minimum absolute atomic E-state index is 0.0637. The van der Waals surface area contributed by atoms with Crippen LogP contribution in [0.25, 0.3) is 0 Å². The highest BCUT2D eigenvalue weighted by Gasteiger charge is 2.02. The Labute approximate surface area is 128 Å². The largest absolute Gasteiger partial charge is 0.504 e. The van der Waals surface area contributed by atoms with E-state index in [2.05, 4.69) is 15.8 Å². The molecule has 0 fully saturated rings. The lowest BCUT2D eigenvalue weighted by Crippen LogP contribution is -2.24. The number of anilines is 1. The summed E-state index contributed by atoms with van der Waals surface area (Å²) in [7, 11) is 0. The minimum Gasteiger partial charge on any atom is -0.504 e. The number of benzene rings is 2. The lowest BCUT2D eigenvalue weighted by molar-refractivity contribution is 0.252. The zero-order chi connectivity index (χ0) is 15.8. The normalized spacial score (nSPS) is 10.4. The predicted octanol–water partition coefficient (Wildman–Crippen LogP) is 2.95. The van der Waals surface area contributed by atoms with Gasteiger partial charge in [-0.1, -0.05) is 18.2 Å². The van der Waals surface area contributed by atoms with E-state index in [-0.39, 0.29) is 5.75 Å². The van der Waals surface area contributed by atoms with Gasteiger partial charge >= 0.3 is 6.03 Å². The lowest BCUT2D eigenvalue weighted by Gasteiger charge is -2.06. The molecule has 0 unspecified atom stereocenters. The van der Waals surface area contributed by atoms with Gasteiger partial charge in [-0.25, -0.2) is 10.2 Å². The molecule has 0 atom stereocenters. The van der Waals surface area contributed by atoms with Crippen LogP contribution in [0, 0.1) is 0 Å². The van der Waals surface area contributed by atoms with Crippen LogP contribution >= 0.6 is 0 Å². The molecule has 2 aromatic carbocycles. The highest BCUT2D eigenvalue weighted by molar-refractivity contribution is 5.90. The molecule has 6 nitrogen and oxygen atoms in total. The first-order valence-corrected chi connectivity index (χ1v) is 6.80. The van der Waals surface area contributed by atoms with Gasteiger partial charge < -0.3 is 15.2 Å². The van der Waals surface area contributed by atoms with Crippen LogP contribution in [0.1, 0.15) is 12.5 Å². The van der Waals surface area contributed by atoms with E-state index in [0.29, 0.717) is 23.6 Å². The summed E-state index contributed by atoms with van der Waals surface area (Å²) in [6, 6.07) is 13.4. The third-order valence-corrected chi connectivity index (χ3v) is 2.70. The van der Waals surface area contributed by atoms with E-state index in [1.54, 1.807) is 24.3 Å². The Balaban J connectivity index is 1.92. The SMILES string of the molecule is CCOc1cc(/C=N\NC(=O)Nc2ccccc2)ccc1O. The molecule has 0 saturated carbocycles. The van der Waals surface area contributed by atoms with Crippen molar-refractivity contribution in [2.45, 2.75) is 6.92 Å². The number of hydrazone groups is 1. The Bertz CT molecular complexity index is 657. The van der Waals surface area contributed by atoms with Gasteiger partial charge in [0.1, 0.15) is 0 Å². The van der Waals surface area contributed by atoms with E-state index in [1.807, 2.05) is 25.1 Å². The number of phenolic OH excluding ortho intramolecular Hbond substituents is 1. The summed E-state index contributed by atoms with van der Waals surface area (Å²) in [5.41, 5.74) is 3.74. The molecule has 3 N–H and O–H groups in total. The summed E-state index contributed by atoms with van der Waals surface area (Å²) in [4.78, 5) is 11.6. The number of hydrogen-bond donors (Lipinski definition) is 3. The molecule has 0 radical (unpaired) electrons. The summed E-state index contributed by atoms with van der Waals surface area (Å²) in [5.74, 6) is 0.439. The second-order valence-corrected chi connectivity index (χ2v) is 4.35. The van der Waals surface area contributed by atoms with Gasteiger partial charge in [0.2, 0.25) is 0 Å². The smallest absolute Gasteiger partial charge is 0.339 e. The van der Waals surface area contributed by atoms with Crippen LogP contribution < -0.4 is 15.5 Å². The van der Waals surface area contributed by atoms with Crippen LogP contribution in [-0.4, -0.2) is 24.0 Å². The standard InChI is InChI=1S/C16H17N3O3/c1-2-22-15-10-12(8-9-14(15)20)11-17-19-16(21)18-13-6-4-3-5-7-13/h3-11,20H,2H2,1H3,(H2,18,19,21)/b17-11-. The lowest BCUT2D eigenvalue weighted by atomic mass is 10.2. The molecule has 2 amide bonds. The molecule has 0 aliphatic heterocycles. The van der Waals surface area contributed by atoms with Crippen molar-refractivity contribution < 1.29 is 14.6 Å². The topological polar surface area (TPSA) is 83.0 Å². The maximum atomic E-state index is 11.6. The third-order valence-electron chi connectivity index (χ3n) is 2.70. The summed E-state index contributed by atoms with van der Waals surface area (Å²) < 4.78 is 5.27. The van der Waals surface area contributed by atoms with E-state index in [4.69, 9.17) is 4.74 Å². The number of carbonyl (C=O) groups is 1. The van der Waals surface area contributed by atoms with Gasteiger partial charge in [0, 0.05) is 5.69 Å². The first kappa shape index (κ1) is 15.4. The molecule has 0 aromatic heterocycles. The van der Waals surface area contributed by atoms with Crippen molar-refractivity contribution >= 4 is 17.9 Å². The Morgan fingerprint density at radius 1 is 1.27 bits per heavy atom. The average Bonchev–Trinajstić information content (AvgIpc) is 2.51. The van der Waals surface area contributed by atoms with E-state index >= 15 is 0 Å². The number of urea groups is 1. The van der Waals surface area contributed by atoms with Crippen molar-refractivity contribution in [3.8, 4) is 11.5 Å². The van der Waals surface area contributed by atoms with Crippen LogP contribution in [0.5, 0.6) is 11.5 Å². The summed E-state index contributed by atoms with van der Waals surface area (Å²) >= 11 is 0. The second kappa shape index (κ2) is 7.68. The Hall–Kier alpha value is -3.02. The van der Waals surface area contributed by atoms with Crippen molar-refractivity contribution in [1.29, 1.82) is 0 Å². The van der Waals surface area contributed by atoms with Crippen LogP contribution in [0.4, 0.5) is 10.5 Å². The molecule has 2 aromatic rings. The highest BCUT2D eigenvalue weighted by atomic mass is 16.5. The fourth-order valence-corrected chi connectivity index (χ4v) is 1.73. The summed E-state index contributed by atoms with van der Waals surface area (Å²) in [5, 5.41) is 16.1. The second-order valence-electron chi connectivity index (χ2n) is 4.35. The van der Waals surface area contributed by atoms with Crippen LogP contribution in [0.2, 0.25) is 0 Å². The molecule has 0 bridgehead atoms. The van der Waals surface area contributed by atoms with Gasteiger partial charge in [-0.15, -0.1) is 0 Å². The predicted molar refractivity (Wildman–Crippen MR) is 85.5 cm³/mol. The number of amides is 2. The summed E-state index contributed by atoms with van der Waals surface area (Å²) in [6.07, 6.45) is 1.46. The van der Waals surface area contributed by atoms with Crippen LogP contribution in [-0.2, 0) is 0 Å². The molecule has 114 valence electrons. The Kier molecular flexibility index (Phi) is 5.37. The number of para-hydroxylation sites is 1. The number of rotatable bonds is 5. The molecule has 0 aliphatic rings. The first-order valence-electron chi connectivity index (χ1n) is 6.80. The maximum absolute atomic E-state index is 11.6. The number of nitrogens with zero attached hydrogens (tertiary/aromatic N) is 1. The maximum Gasteiger partial charge on any atom is 0.339 e. The summed E-state index contributed by atoms with van der Waals surface area (Å²) in [6.45, 7) is 2.28. The van der Waals surface area contributed by atoms with Crippen LogP contribution in [0.3, 0.4) is 0 Å². The number of nitrogens with one attached hydrogen (secondary N) is 2. The van der Waals surface area contributed by atoms with Crippen LogP contribution in [0.15, 0.2) is 53.6 Å². The van der Waals surface area contributed by atoms with Gasteiger partial charge in [0.05, 0.1) is 12.8 Å². The molecule has 0 spiro atoms. The van der Waals surface area contributed by atoms with Gasteiger partial charge in [0.25, 0.3) is 0 Å². The molecule has 22 heavy (non-hydrogen) atoms. The number of phenols is 1. The molecule has 0 heterocycles. The molecule has 0 saturated heterocycles. The fourth-order valence-electron chi connectivity index (χ4n) is 1.73. The molecular weight excluding hydrogens is 282 g/mol. The van der Waals surface area contributed by atoms with Gasteiger partial charge in [-0.2, -0.15) is 5.10 Å². The van der Waals surface area contributed by atoms with Crippen molar-refractivity contribution in [1.82, 2.24) is 5.43 Å². The monoisotopic (exact) mass is 299 g/mol. The number of carbonyl (C=O) groups excluding carboxylic acids is 1. The minimum atomic E-state index is -0.439.